The zero-order valence-electron chi connectivity index (χ0n) is 15.0. The molecule has 0 aliphatic carbocycles. The molecule has 7 nitrogen and oxygen atoms in total. The maximum Gasteiger partial charge on any atom is 0.341 e. The van der Waals surface area contributed by atoms with Crippen LogP contribution < -0.4 is 14.2 Å². The zero-order valence-corrected chi connectivity index (χ0v) is 15.8. The molecule has 0 unspecified atom stereocenters. The summed E-state index contributed by atoms with van der Waals surface area (Å²) in [4.78, 5) is 10.8. The number of hydrogen-bond donors (Lipinski definition) is 2. The second kappa shape index (κ2) is 7.65. The molecule has 8 heteroatoms. The summed E-state index contributed by atoms with van der Waals surface area (Å²) in [7, 11) is -2.47. The Morgan fingerprint density at radius 1 is 1.15 bits per heavy atom. The molecule has 0 aliphatic heterocycles. The van der Waals surface area contributed by atoms with Crippen LogP contribution in [0, 0.1) is 20.8 Å². The van der Waals surface area contributed by atoms with Crippen molar-refractivity contribution in [1.29, 1.82) is 0 Å². The quantitative estimate of drug-likeness (QED) is 0.767. The van der Waals surface area contributed by atoms with Crippen LogP contribution in [0.1, 0.15) is 16.7 Å². The summed E-state index contributed by atoms with van der Waals surface area (Å²) in [5.41, 5.74) is 2.18. The van der Waals surface area contributed by atoms with Gasteiger partial charge in [0, 0.05) is 5.56 Å². The van der Waals surface area contributed by atoms with E-state index in [9.17, 15) is 13.2 Å². The molecule has 0 fully saturated rings. The highest BCUT2D eigenvalue weighted by atomic mass is 32.2. The number of carbonyl (C=O) groups is 1. The first-order chi connectivity index (χ1) is 12.2. The van der Waals surface area contributed by atoms with Crippen molar-refractivity contribution in [2.45, 2.75) is 25.7 Å². The van der Waals surface area contributed by atoms with Crippen LogP contribution in [0.4, 0.5) is 5.69 Å². The fourth-order valence-corrected chi connectivity index (χ4v) is 3.86. The van der Waals surface area contributed by atoms with Gasteiger partial charge >= 0.3 is 5.97 Å². The molecule has 0 atom stereocenters. The molecule has 0 amide bonds. The molecular formula is C18H21NO6S. The number of rotatable bonds is 7. The standard InChI is InChI=1S/C18H21NO6S/c1-11-5-7-15(24-4)14(9-11)19-26(22,23)16-8-6-12(2)18(13(16)3)25-10-17(20)21/h5-9,19H,10H2,1-4H3,(H,20,21). The predicted octanol–water partition coefficient (Wildman–Crippen LogP) is 2.88. The largest absolute Gasteiger partial charge is 0.495 e. The van der Waals surface area contributed by atoms with Gasteiger partial charge in [0.25, 0.3) is 10.0 Å². The lowest BCUT2D eigenvalue weighted by molar-refractivity contribution is -0.139. The van der Waals surface area contributed by atoms with Crippen LogP contribution in [0.2, 0.25) is 0 Å². The third-order valence-electron chi connectivity index (χ3n) is 3.78. The van der Waals surface area contributed by atoms with Crippen molar-refractivity contribution in [1.82, 2.24) is 0 Å². The number of benzene rings is 2. The van der Waals surface area contributed by atoms with Crippen LogP contribution in [-0.2, 0) is 14.8 Å². The van der Waals surface area contributed by atoms with Crippen molar-refractivity contribution in [2.24, 2.45) is 0 Å². The number of carboxylic acids is 1. The molecule has 0 bridgehead atoms. The molecule has 2 aromatic rings. The number of ether oxygens (including phenoxy) is 2. The van der Waals surface area contributed by atoms with Crippen molar-refractivity contribution < 1.29 is 27.8 Å². The summed E-state index contributed by atoms with van der Waals surface area (Å²) in [5, 5.41) is 8.79. The van der Waals surface area contributed by atoms with E-state index in [-0.39, 0.29) is 10.6 Å². The zero-order chi connectivity index (χ0) is 19.5. The molecule has 2 rings (SSSR count). The molecule has 0 saturated heterocycles. The minimum Gasteiger partial charge on any atom is -0.495 e. The molecule has 0 aliphatic rings. The van der Waals surface area contributed by atoms with E-state index in [2.05, 4.69) is 4.72 Å². The van der Waals surface area contributed by atoms with Gasteiger partial charge in [-0.3, -0.25) is 4.72 Å². The Balaban J connectivity index is 2.45. The molecular weight excluding hydrogens is 358 g/mol. The number of nitrogens with one attached hydrogen (secondary N) is 1. The second-order valence-corrected chi connectivity index (χ2v) is 7.48. The van der Waals surface area contributed by atoms with E-state index in [1.54, 1.807) is 32.0 Å². The number of methoxy groups -OCH3 is 1. The van der Waals surface area contributed by atoms with Gasteiger partial charge in [-0.05, 0) is 50.1 Å². The minimum atomic E-state index is -3.93. The molecule has 0 saturated carbocycles. The van der Waals surface area contributed by atoms with Crippen LogP contribution in [-0.4, -0.2) is 33.2 Å². The Morgan fingerprint density at radius 2 is 1.85 bits per heavy atom. The molecule has 2 aromatic carbocycles. The summed E-state index contributed by atoms with van der Waals surface area (Å²) >= 11 is 0. The number of anilines is 1. The molecule has 140 valence electrons. The maximum absolute atomic E-state index is 12.9. The lowest BCUT2D eigenvalue weighted by Gasteiger charge is -2.17. The van der Waals surface area contributed by atoms with Gasteiger partial charge in [-0.15, -0.1) is 0 Å². The van der Waals surface area contributed by atoms with Crippen molar-refractivity contribution in [3.05, 3.63) is 47.0 Å². The normalized spacial score (nSPS) is 11.1. The van der Waals surface area contributed by atoms with Gasteiger partial charge in [0.1, 0.15) is 11.5 Å². The number of aryl methyl sites for hydroxylation is 2. The topological polar surface area (TPSA) is 102 Å². The summed E-state index contributed by atoms with van der Waals surface area (Å²) in [6, 6.07) is 8.19. The van der Waals surface area contributed by atoms with E-state index >= 15 is 0 Å². The smallest absolute Gasteiger partial charge is 0.341 e. The number of hydrogen-bond acceptors (Lipinski definition) is 5. The minimum absolute atomic E-state index is 0.00653. The first kappa shape index (κ1) is 19.6. The third-order valence-corrected chi connectivity index (χ3v) is 5.29. The Morgan fingerprint density at radius 3 is 2.46 bits per heavy atom. The van der Waals surface area contributed by atoms with Gasteiger partial charge in [-0.1, -0.05) is 12.1 Å². The highest BCUT2D eigenvalue weighted by molar-refractivity contribution is 7.92. The molecule has 0 heterocycles. The van der Waals surface area contributed by atoms with Crippen LogP contribution in [0.25, 0.3) is 0 Å². The van der Waals surface area contributed by atoms with Crippen molar-refractivity contribution in [2.75, 3.05) is 18.4 Å². The molecule has 0 radical (unpaired) electrons. The highest BCUT2D eigenvalue weighted by Crippen LogP contribution is 2.32. The Hall–Kier alpha value is -2.74. The lowest BCUT2D eigenvalue weighted by Crippen LogP contribution is -2.17. The molecule has 2 N–H and O–H groups in total. The van der Waals surface area contributed by atoms with E-state index in [0.29, 0.717) is 22.6 Å². The van der Waals surface area contributed by atoms with E-state index in [4.69, 9.17) is 14.6 Å². The average Bonchev–Trinajstić information content (AvgIpc) is 2.54. The predicted molar refractivity (Wildman–Crippen MR) is 97.6 cm³/mol. The average molecular weight is 379 g/mol. The summed E-state index contributed by atoms with van der Waals surface area (Å²) < 4.78 is 38.7. The number of aliphatic carboxylic acids is 1. The second-order valence-electron chi connectivity index (χ2n) is 5.83. The Kier molecular flexibility index (Phi) is 5.76. The van der Waals surface area contributed by atoms with Gasteiger partial charge in [0.15, 0.2) is 6.61 Å². The van der Waals surface area contributed by atoms with Crippen molar-refractivity contribution in [3.8, 4) is 11.5 Å². The van der Waals surface area contributed by atoms with Gasteiger partial charge in [-0.25, -0.2) is 13.2 Å². The fraction of sp³-hybridized carbons (Fsp3) is 0.278. The van der Waals surface area contributed by atoms with Crippen LogP contribution in [0.5, 0.6) is 11.5 Å². The first-order valence-corrected chi connectivity index (χ1v) is 9.26. The lowest BCUT2D eigenvalue weighted by atomic mass is 10.1. The van der Waals surface area contributed by atoms with Crippen LogP contribution in [0.15, 0.2) is 35.2 Å². The highest BCUT2D eigenvalue weighted by Gasteiger charge is 2.22. The fourth-order valence-electron chi connectivity index (χ4n) is 2.56. The van der Waals surface area contributed by atoms with Crippen molar-refractivity contribution >= 4 is 21.7 Å². The SMILES string of the molecule is COc1ccc(C)cc1NS(=O)(=O)c1ccc(C)c(OCC(=O)O)c1C. The van der Waals surface area contributed by atoms with Gasteiger partial charge in [0.05, 0.1) is 17.7 Å². The molecule has 26 heavy (non-hydrogen) atoms. The van der Waals surface area contributed by atoms with Crippen LogP contribution >= 0.6 is 0 Å². The molecule has 0 aromatic heterocycles. The Bertz CT molecular complexity index is 937. The van der Waals surface area contributed by atoms with E-state index in [0.717, 1.165) is 5.56 Å². The van der Waals surface area contributed by atoms with Crippen molar-refractivity contribution in [3.63, 3.8) is 0 Å². The summed E-state index contributed by atoms with van der Waals surface area (Å²) in [6.45, 7) is 4.58. The van der Waals surface area contributed by atoms with Crippen LogP contribution in [0.3, 0.4) is 0 Å². The third kappa shape index (κ3) is 4.26. The maximum atomic E-state index is 12.9. The van der Waals surface area contributed by atoms with Gasteiger partial charge in [-0.2, -0.15) is 0 Å². The van der Waals surface area contributed by atoms with Gasteiger partial charge < -0.3 is 14.6 Å². The first-order valence-electron chi connectivity index (χ1n) is 7.78. The van der Waals surface area contributed by atoms with E-state index in [1.807, 2.05) is 13.0 Å². The van der Waals surface area contributed by atoms with Gasteiger partial charge in [0.2, 0.25) is 0 Å². The van der Waals surface area contributed by atoms with E-state index < -0.39 is 22.6 Å². The summed E-state index contributed by atoms with van der Waals surface area (Å²) in [6.07, 6.45) is 0. The monoisotopic (exact) mass is 379 g/mol. The molecule has 0 spiro atoms. The number of carboxylic acid groups (broad SMARTS) is 1. The Labute approximate surface area is 152 Å². The number of sulfonamides is 1. The van der Waals surface area contributed by atoms with E-state index in [1.165, 1.54) is 13.2 Å². The summed E-state index contributed by atoms with van der Waals surface area (Å²) in [5.74, 6) is -0.502.